The lowest BCUT2D eigenvalue weighted by Crippen LogP contribution is -2.56. The molecule has 3 rings (SSSR count). The second kappa shape index (κ2) is 7.97. The van der Waals surface area contributed by atoms with E-state index in [0.29, 0.717) is 50.8 Å². The zero-order chi connectivity index (χ0) is 17.8. The van der Waals surface area contributed by atoms with Crippen LogP contribution in [0.5, 0.6) is 0 Å². The number of hydrogen-bond acceptors (Lipinski definition) is 6. The highest BCUT2D eigenvalue weighted by molar-refractivity contribution is 5.94. The summed E-state index contributed by atoms with van der Waals surface area (Å²) in [7, 11) is 0. The topological polar surface area (TPSA) is 87.9 Å². The summed E-state index contributed by atoms with van der Waals surface area (Å²) in [5.74, 6) is 1.10. The molecule has 8 heteroatoms. The molecule has 0 aromatic carbocycles. The SMILES string of the molecule is CCC(C(=O)Nc1cc(C)on1)N1CCN(C(=O)C2CCCO2)CC1. The van der Waals surface area contributed by atoms with Crippen LogP contribution < -0.4 is 5.32 Å². The largest absolute Gasteiger partial charge is 0.368 e. The molecule has 0 bridgehead atoms. The Kier molecular flexibility index (Phi) is 5.70. The molecule has 2 fully saturated rings. The molecule has 2 unspecified atom stereocenters. The van der Waals surface area contributed by atoms with Crippen LogP contribution in [0, 0.1) is 6.92 Å². The summed E-state index contributed by atoms with van der Waals surface area (Å²) < 4.78 is 10.5. The summed E-state index contributed by atoms with van der Waals surface area (Å²) >= 11 is 0. The number of amides is 2. The smallest absolute Gasteiger partial charge is 0.251 e. The predicted octanol–water partition coefficient (Wildman–Crippen LogP) is 1.02. The molecule has 1 N–H and O–H groups in total. The van der Waals surface area contributed by atoms with Crippen molar-refractivity contribution in [2.24, 2.45) is 0 Å². The van der Waals surface area contributed by atoms with Crippen LogP contribution in [-0.2, 0) is 14.3 Å². The molecule has 2 aliphatic heterocycles. The van der Waals surface area contributed by atoms with Crippen LogP contribution in [0.4, 0.5) is 5.82 Å². The van der Waals surface area contributed by atoms with E-state index in [0.717, 1.165) is 12.8 Å². The molecular weight excluding hydrogens is 324 g/mol. The first-order valence-corrected chi connectivity index (χ1v) is 8.97. The van der Waals surface area contributed by atoms with E-state index < -0.39 is 0 Å². The Morgan fingerprint density at radius 3 is 2.68 bits per heavy atom. The van der Waals surface area contributed by atoms with Gasteiger partial charge in [-0.2, -0.15) is 0 Å². The van der Waals surface area contributed by atoms with E-state index in [2.05, 4.69) is 15.4 Å². The molecule has 0 radical (unpaired) electrons. The first-order valence-electron chi connectivity index (χ1n) is 8.97. The highest BCUT2D eigenvalue weighted by Crippen LogP contribution is 2.18. The number of ether oxygens (including phenoxy) is 1. The Bertz CT molecular complexity index is 604. The van der Waals surface area contributed by atoms with Crippen LogP contribution in [0.15, 0.2) is 10.6 Å². The molecule has 1 aromatic heterocycles. The van der Waals surface area contributed by atoms with Gasteiger partial charge in [-0.15, -0.1) is 0 Å². The van der Waals surface area contributed by atoms with Crippen LogP contribution in [-0.4, -0.2) is 71.7 Å². The molecule has 3 heterocycles. The van der Waals surface area contributed by atoms with Gasteiger partial charge < -0.3 is 19.5 Å². The maximum atomic E-state index is 12.5. The fraction of sp³-hybridized carbons (Fsp3) is 0.706. The Morgan fingerprint density at radius 1 is 1.36 bits per heavy atom. The quantitative estimate of drug-likeness (QED) is 0.853. The zero-order valence-corrected chi connectivity index (χ0v) is 14.9. The third kappa shape index (κ3) is 4.19. The second-order valence-corrected chi connectivity index (χ2v) is 6.60. The van der Waals surface area contributed by atoms with Gasteiger partial charge in [-0.3, -0.25) is 14.5 Å². The monoisotopic (exact) mass is 350 g/mol. The summed E-state index contributed by atoms with van der Waals surface area (Å²) in [6.07, 6.45) is 2.20. The van der Waals surface area contributed by atoms with Gasteiger partial charge in [0, 0.05) is 38.9 Å². The number of carbonyl (C=O) groups is 2. The number of aromatic nitrogens is 1. The number of piperazine rings is 1. The zero-order valence-electron chi connectivity index (χ0n) is 14.9. The summed E-state index contributed by atoms with van der Waals surface area (Å²) in [5, 5.41) is 6.61. The third-order valence-electron chi connectivity index (χ3n) is 4.84. The minimum absolute atomic E-state index is 0.0882. The van der Waals surface area contributed by atoms with Crippen LogP contribution >= 0.6 is 0 Å². The van der Waals surface area contributed by atoms with E-state index in [1.165, 1.54) is 0 Å². The molecule has 2 saturated heterocycles. The molecule has 138 valence electrons. The van der Waals surface area contributed by atoms with Crippen molar-refractivity contribution in [2.75, 3.05) is 38.1 Å². The fourth-order valence-corrected chi connectivity index (χ4v) is 3.47. The Balaban J connectivity index is 1.52. The number of nitrogens with one attached hydrogen (secondary N) is 1. The highest BCUT2D eigenvalue weighted by atomic mass is 16.5. The van der Waals surface area contributed by atoms with Gasteiger partial charge in [0.1, 0.15) is 11.9 Å². The number of hydrogen-bond donors (Lipinski definition) is 1. The van der Waals surface area contributed by atoms with Crippen LogP contribution in [0.3, 0.4) is 0 Å². The Morgan fingerprint density at radius 2 is 2.12 bits per heavy atom. The van der Waals surface area contributed by atoms with Gasteiger partial charge in [-0.05, 0) is 26.2 Å². The van der Waals surface area contributed by atoms with Crippen molar-refractivity contribution in [3.63, 3.8) is 0 Å². The van der Waals surface area contributed by atoms with E-state index in [9.17, 15) is 9.59 Å². The van der Waals surface area contributed by atoms with Gasteiger partial charge in [-0.1, -0.05) is 12.1 Å². The average Bonchev–Trinajstić information content (AvgIpc) is 3.27. The van der Waals surface area contributed by atoms with Gasteiger partial charge in [0.25, 0.3) is 5.91 Å². The first-order chi connectivity index (χ1) is 12.1. The van der Waals surface area contributed by atoms with Crippen molar-refractivity contribution in [1.82, 2.24) is 15.0 Å². The van der Waals surface area contributed by atoms with E-state index in [1.54, 1.807) is 13.0 Å². The summed E-state index contributed by atoms with van der Waals surface area (Å²) in [4.78, 5) is 28.9. The molecule has 2 aliphatic rings. The van der Waals surface area contributed by atoms with Gasteiger partial charge >= 0.3 is 0 Å². The molecule has 2 amide bonds. The van der Waals surface area contributed by atoms with E-state index >= 15 is 0 Å². The van der Waals surface area contributed by atoms with Crippen molar-refractivity contribution < 1.29 is 18.8 Å². The van der Waals surface area contributed by atoms with Crippen molar-refractivity contribution in [3.05, 3.63) is 11.8 Å². The van der Waals surface area contributed by atoms with E-state index in [-0.39, 0.29) is 24.0 Å². The molecule has 0 spiro atoms. The molecule has 0 saturated carbocycles. The van der Waals surface area contributed by atoms with Crippen molar-refractivity contribution >= 4 is 17.6 Å². The number of anilines is 1. The predicted molar refractivity (Wildman–Crippen MR) is 91.1 cm³/mol. The summed E-state index contributed by atoms with van der Waals surface area (Å²) in [5.41, 5.74) is 0. The Labute approximate surface area is 147 Å². The molecule has 8 nitrogen and oxygen atoms in total. The van der Waals surface area contributed by atoms with Crippen LogP contribution in [0.25, 0.3) is 0 Å². The Hall–Kier alpha value is -1.93. The average molecular weight is 350 g/mol. The number of aryl methyl sites for hydroxylation is 1. The third-order valence-corrected chi connectivity index (χ3v) is 4.84. The number of carbonyl (C=O) groups excluding carboxylic acids is 2. The van der Waals surface area contributed by atoms with Gasteiger partial charge in [0.05, 0.1) is 6.04 Å². The van der Waals surface area contributed by atoms with Gasteiger partial charge in [0.2, 0.25) is 5.91 Å². The molecule has 0 aliphatic carbocycles. The second-order valence-electron chi connectivity index (χ2n) is 6.60. The standard InChI is InChI=1S/C17H26N4O4/c1-3-13(16(22)18-15-11-12(2)25-19-15)20-6-8-21(9-7-20)17(23)14-5-4-10-24-14/h11,13-14H,3-10H2,1-2H3,(H,18,19,22). The molecule has 25 heavy (non-hydrogen) atoms. The lowest BCUT2D eigenvalue weighted by atomic mass is 10.1. The molecule has 2 atom stereocenters. The summed E-state index contributed by atoms with van der Waals surface area (Å²) in [6.45, 7) is 7.07. The van der Waals surface area contributed by atoms with Crippen molar-refractivity contribution in [3.8, 4) is 0 Å². The van der Waals surface area contributed by atoms with Gasteiger partial charge in [-0.25, -0.2) is 0 Å². The van der Waals surface area contributed by atoms with Crippen LogP contribution in [0.1, 0.15) is 31.9 Å². The highest BCUT2D eigenvalue weighted by Gasteiger charge is 2.33. The van der Waals surface area contributed by atoms with Crippen LogP contribution in [0.2, 0.25) is 0 Å². The summed E-state index contributed by atoms with van der Waals surface area (Å²) in [6, 6.07) is 1.46. The minimum atomic E-state index is -0.271. The normalized spacial score (nSPS) is 22.8. The molecule has 1 aromatic rings. The minimum Gasteiger partial charge on any atom is -0.368 e. The number of nitrogens with zero attached hydrogens (tertiary/aromatic N) is 3. The molecular formula is C17H26N4O4. The van der Waals surface area contributed by atoms with E-state index in [1.807, 2.05) is 11.8 Å². The maximum Gasteiger partial charge on any atom is 0.251 e. The lowest BCUT2D eigenvalue weighted by Gasteiger charge is -2.38. The lowest BCUT2D eigenvalue weighted by molar-refractivity contribution is -0.143. The maximum absolute atomic E-state index is 12.5. The fourth-order valence-electron chi connectivity index (χ4n) is 3.47. The van der Waals surface area contributed by atoms with Crippen molar-refractivity contribution in [1.29, 1.82) is 0 Å². The first kappa shape index (κ1) is 17.9. The van der Waals surface area contributed by atoms with Gasteiger partial charge in [0.15, 0.2) is 5.82 Å². The number of rotatable bonds is 5. The van der Waals surface area contributed by atoms with E-state index in [4.69, 9.17) is 9.26 Å². The van der Waals surface area contributed by atoms with Crippen molar-refractivity contribution in [2.45, 2.75) is 45.3 Å².